The highest BCUT2D eigenvalue weighted by Gasteiger charge is 2.33. The summed E-state index contributed by atoms with van der Waals surface area (Å²) in [6, 6.07) is 6.73. The molecule has 2 aromatic rings. The maximum absolute atomic E-state index is 13.5. The van der Waals surface area contributed by atoms with Crippen molar-refractivity contribution in [3.63, 3.8) is 0 Å². The first-order valence-corrected chi connectivity index (χ1v) is 10.5. The summed E-state index contributed by atoms with van der Waals surface area (Å²) >= 11 is 1.13. The van der Waals surface area contributed by atoms with Crippen LogP contribution in [0.15, 0.2) is 39.9 Å². The van der Waals surface area contributed by atoms with Crippen LogP contribution in [0.3, 0.4) is 0 Å². The van der Waals surface area contributed by atoms with E-state index in [1.807, 2.05) is 0 Å². The molecule has 2 heterocycles. The fourth-order valence-corrected chi connectivity index (χ4v) is 5.62. The summed E-state index contributed by atoms with van der Waals surface area (Å²) in [5.74, 6) is -2.64. The minimum Gasteiger partial charge on any atom is -0.366 e. The maximum atomic E-state index is 13.5. The van der Waals surface area contributed by atoms with Crippen LogP contribution in [0.4, 0.5) is 10.1 Å². The Hall–Kier alpha value is -2.30. The number of benzene rings is 1. The molecule has 1 unspecified atom stereocenters. The lowest BCUT2D eigenvalue weighted by molar-refractivity contribution is -0.120. The van der Waals surface area contributed by atoms with Gasteiger partial charge in [0.2, 0.25) is 5.91 Å². The average molecular weight is 411 g/mol. The van der Waals surface area contributed by atoms with Crippen molar-refractivity contribution in [2.24, 2.45) is 11.7 Å². The SMILES string of the molecule is NC(=O)c1cc(NC(=O)C2CCCN(S(=O)(=O)c3cccs3)C2)ccc1F. The largest absolute Gasteiger partial charge is 0.366 e. The fraction of sp³-hybridized carbons (Fsp3) is 0.294. The number of hydrogen-bond acceptors (Lipinski definition) is 5. The molecule has 2 amide bonds. The third kappa shape index (κ3) is 4.18. The number of sulfonamides is 1. The molecule has 1 aromatic heterocycles. The number of thiophene rings is 1. The number of nitrogens with zero attached hydrogens (tertiary/aromatic N) is 1. The standard InChI is InChI=1S/C17H18FN3O4S2/c18-14-6-5-12(9-13(14)16(19)22)20-17(23)11-3-1-7-21(10-11)27(24,25)15-4-2-8-26-15/h2,4-6,8-9,11H,1,3,7,10H2,(H2,19,22)(H,20,23). The van der Waals surface area contributed by atoms with Crippen LogP contribution in [-0.4, -0.2) is 37.6 Å². The molecule has 1 aromatic carbocycles. The van der Waals surface area contributed by atoms with Crippen LogP contribution in [0.25, 0.3) is 0 Å². The number of primary amides is 1. The van der Waals surface area contributed by atoms with Gasteiger partial charge in [-0.05, 0) is 42.5 Å². The van der Waals surface area contributed by atoms with Gasteiger partial charge in [0.05, 0.1) is 11.5 Å². The van der Waals surface area contributed by atoms with Gasteiger partial charge in [-0.3, -0.25) is 9.59 Å². The van der Waals surface area contributed by atoms with Crippen molar-refractivity contribution in [1.29, 1.82) is 0 Å². The Morgan fingerprint density at radius 1 is 1.30 bits per heavy atom. The molecule has 1 fully saturated rings. The van der Waals surface area contributed by atoms with Crippen molar-refractivity contribution >= 4 is 38.9 Å². The number of amides is 2. The van der Waals surface area contributed by atoms with Gasteiger partial charge in [0.25, 0.3) is 15.9 Å². The summed E-state index contributed by atoms with van der Waals surface area (Å²) in [7, 11) is -3.62. The van der Waals surface area contributed by atoms with Crippen LogP contribution in [-0.2, 0) is 14.8 Å². The Kier molecular flexibility index (Phi) is 5.59. The van der Waals surface area contributed by atoms with Gasteiger partial charge in [0.15, 0.2) is 0 Å². The minimum atomic E-state index is -3.62. The highest BCUT2D eigenvalue weighted by Crippen LogP contribution is 2.27. The van der Waals surface area contributed by atoms with Crippen molar-refractivity contribution in [3.8, 4) is 0 Å². The average Bonchev–Trinajstić information content (AvgIpc) is 3.18. The summed E-state index contributed by atoms with van der Waals surface area (Å²) in [4.78, 5) is 23.8. The second kappa shape index (κ2) is 7.75. The molecule has 1 atom stereocenters. The number of carbonyl (C=O) groups excluding carboxylic acids is 2. The number of rotatable bonds is 5. The Bertz CT molecular complexity index is 961. The summed E-state index contributed by atoms with van der Waals surface area (Å²) in [6.07, 6.45) is 1.09. The summed E-state index contributed by atoms with van der Waals surface area (Å²) < 4.78 is 40.4. The number of hydrogen-bond donors (Lipinski definition) is 2. The normalized spacial score (nSPS) is 18.2. The van der Waals surface area contributed by atoms with Gasteiger partial charge < -0.3 is 11.1 Å². The molecule has 0 radical (unpaired) electrons. The molecule has 144 valence electrons. The molecule has 0 bridgehead atoms. The lowest BCUT2D eigenvalue weighted by Gasteiger charge is -2.30. The van der Waals surface area contributed by atoms with Crippen molar-refractivity contribution < 1.29 is 22.4 Å². The molecule has 0 saturated carbocycles. The van der Waals surface area contributed by atoms with Crippen LogP contribution in [0.5, 0.6) is 0 Å². The van der Waals surface area contributed by atoms with Crippen molar-refractivity contribution in [3.05, 3.63) is 47.1 Å². The molecule has 27 heavy (non-hydrogen) atoms. The summed E-state index contributed by atoms with van der Waals surface area (Å²) in [5, 5.41) is 4.30. The van der Waals surface area contributed by atoms with Crippen molar-refractivity contribution in [2.75, 3.05) is 18.4 Å². The smallest absolute Gasteiger partial charge is 0.252 e. The number of piperidine rings is 1. The predicted molar refractivity (Wildman–Crippen MR) is 99.3 cm³/mol. The van der Waals surface area contributed by atoms with Crippen LogP contribution in [0, 0.1) is 11.7 Å². The van der Waals surface area contributed by atoms with E-state index in [0.717, 1.165) is 17.4 Å². The molecule has 1 aliphatic rings. The van der Waals surface area contributed by atoms with Crippen LogP contribution in [0.2, 0.25) is 0 Å². The Labute approximate surface area is 160 Å². The molecule has 0 spiro atoms. The second-order valence-corrected chi connectivity index (χ2v) is 9.29. The van der Waals surface area contributed by atoms with Gasteiger partial charge in [-0.15, -0.1) is 11.3 Å². The quantitative estimate of drug-likeness (QED) is 0.784. The van der Waals surface area contributed by atoms with Crippen LogP contribution in [0.1, 0.15) is 23.2 Å². The number of halogens is 1. The van der Waals surface area contributed by atoms with Crippen molar-refractivity contribution in [2.45, 2.75) is 17.1 Å². The van der Waals surface area contributed by atoms with Gasteiger partial charge >= 0.3 is 0 Å². The molecule has 3 N–H and O–H groups in total. The number of nitrogens with two attached hydrogens (primary N) is 1. The van der Waals surface area contributed by atoms with E-state index < -0.39 is 27.7 Å². The third-order valence-corrected chi connectivity index (χ3v) is 7.58. The zero-order chi connectivity index (χ0) is 19.6. The maximum Gasteiger partial charge on any atom is 0.252 e. The monoisotopic (exact) mass is 411 g/mol. The predicted octanol–water partition coefficient (Wildman–Crippen LogP) is 2.03. The molecular weight excluding hydrogens is 393 g/mol. The molecule has 3 rings (SSSR count). The number of nitrogens with one attached hydrogen (secondary N) is 1. The number of anilines is 1. The van der Waals surface area contributed by atoms with E-state index >= 15 is 0 Å². The Morgan fingerprint density at radius 3 is 2.74 bits per heavy atom. The van der Waals surface area contributed by atoms with E-state index in [4.69, 9.17) is 5.73 Å². The number of carbonyl (C=O) groups is 2. The van der Waals surface area contributed by atoms with Gasteiger partial charge in [-0.25, -0.2) is 12.8 Å². The van der Waals surface area contributed by atoms with Gasteiger partial charge in [0, 0.05) is 18.8 Å². The molecule has 1 aliphatic heterocycles. The fourth-order valence-electron chi connectivity index (χ4n) is 2.95. The van der Waals surface area contributed by atoms with Gasteiger partial charge in [-0.2, -0.15) is 4.31 Å². The van der Waals surface area contributed by atoms with E-state index in [1.54, 1.807) is 11.4 Å². The Balaban J connectivity index is 1.72. The molecule has 0 aliphatic carbocycles. The van der Waals surface area contributed by atoms with Crippen molar-refractivity contribution in [1.82, 2.24) is 4.31 Å². The Morgan fingerprint density at radius 2 is 2.07 bits per heavy atom. The van der Waals surface area contributed by atoms with Gasteiger partial charge in [0.1, 0.15) is 10.0 Å². The second-order valence-electron chi connectivity index (χ2n) is 6.18. The van der Waals surface area contributed by atoms with E-state index in [2.05, 4.69) is 5.32 Å². The van der Waals surface area contributed by atoms with Gasteiger partial charge in [-0.1, -0.05) is 6.07 Å². The molecule has 10 heteroatoms. The summed E-state index contributed by atoms with van der Waals surface area (Å²) in [5.41, 5.74) is 5.01. The molecular formula is C17H18FN3O4S2. The lowest BCUT2D eigenvalue weighted by atomic mass is 9.98. The van der Waals surface area contributed by atoms with Crippen LogP contribution >= 0.6 is 11.3 Å². The van der Waals surface area contributed by atoms with E-state index in [0.29, 0.717) is 19.4 Å². The van der Waals surface area contributed by atoms with Crippen LogP contribution < -0.4 is 11.1 Å². The summed E-state index contributed by atoms with van der Waals surface area (Å²) in [6.45, 7) is 0.419. The van der Waals surface area contributed by atoms with E-state index in [-0.39, 0.29) is 27.9 Å². The first kappa shape index (κ1) is 19.5. The highest BCUT2D eigenvalue weighted by atomic mass is 32.2. The lowest BCUT2D eigenvalue weighted by Crippen LogP contribution is -2.43. The first-order chi connectivity index (χ1) is 12.8. The van der Waals surface area contributed by atoms with E-state index in [9.17, 15) is 22.4 Å². The first-order valence-electron chi connectivity index (χ1n) is 8.23. The molecule has 7 nitrogen and oxygen atoms in total. The van der Waals surface area contributed by atoms with E-state index in [1.165, 1.54) is 22.5 Å². The zero-order valence-corrected chi connectivity index (χ0v) is 15.9. The highest BCUT2D eigenvalue weighted by molar-refractivity contribution is 7.91. The third-order valence-electron chi connectivity index (χ3n) is 4.34. The zero-order valence-electron chi connectivity index (χ0n) is 14.2. The minimum absolute atomic E-state index is 0.0654. The molecule has 1 saturated heterocycles. The topological polar surface area (TPSA) is 110 Å².